The molecule has 3 aromatic rings. The summed E-state index contributed by atoms with van der Waals surface area (Å²) >= 11 is 0. The minimum atomic E-state index is -0.0755. The summed E-state index contributed by atoms with van der Waals surface area (Å²) in [6.07, 6.45) is 3.93. The Morgan fingerprint density at radius 1 is 1.00 bits per heavy atom. The van der Waals surface area contributed by atoms with Gasteiger partial charge >= 0.3 is 0 Å². The number of benzene rings is 2. The lowest BCUT2D eigenvalue weighted by Gasteiger charge is -2.26. The van der Waals surface area contributed by atoms with Crippen molar-refractivity contribution in [3.63, 3.8) is 0 Å². The molecule has 0 aliphatic carbocycles. The van der Waals surface area contributed by atoms with Gasteiger partial charge in [0.2, 0.25) is 5.82 Å². The molecule has 29 heavy (non-hydrogen) atoms. The van der Waals surface area contributed by atoms with E-state index >= 15 is 0 Å². The van der Waals surface area contributed by atoms with Gasteiger partial charge in [-0.25, -0.2) is 0 Å². The topological polar surface area (TPSA) is 73.1 Å². The summed E-state index contributed by atoms with van der Waals surface area (Å²) < 4.78 is 5.12. The molecule has 0 bridgehead atoms. The van der Waals surface area contributed by atoms with Gasteiger partial charge in [0, 0.05) is 17.7 Å². The Bertz CT molecular complexity index is 944. The summed E-state index contributed by atoms with van der Waals surface area (Å²) in [6, 6.07) is 15.3. The second-order valence-corrected chi connectivity index (χ2v) is 7.33. The van der Waals surface area contributed by atoms with Gasteiger partial charge in [-0.3, -0.25) is 9.69 Å². The van der Waals surface area contributed by atoms with Crippen LogP contribution in [0, 0.1) is 0 Å². The van der Waals surface area contributed by atoms with Gasteiger partial charge < -0.3 is 4.74 Å². The second-order valence-electron chi connectivity index (χ2n) is 7.33. The second kappa shape index (κ2) is 8.96. The van der Waals surface area contributed by atoms with Crippen LogP contribution in [0.1, 0.15) is 35.2 Å². The first kappa shape index (κ1) is 19.3. The van der Waals surface area contributed by atoms with Gasteiger partial charge in [-0.05, 0) is 61.0 Å². The van der Waals surface area contributed by atoms with Crippen LogP contribution in [0.2, 0.25) is 0 Å². The maximum atomic E-state index is 12.4. The fourth-order valence-corrected chi connectivity index (χ4v) is 3.56. The molecule has 150 valence electrons. The van der Waals surface area contributed by atoms with E-state index in [1.54, 1.807) is 31.4 Å². The third kappa shape index (κ3) is 4.86. The zero-order valence-electron chi connectivity index (χ0n) is 16.6. The fraction of sp³-hybridized carbons (Fsp3) is 0.364. The van der Waals surface area contributed by atoms with E-state index < -0.39 is 0 Å². The fourth-order valence-electron chi connectivity index (χ4n) is 3.56. The molecule has 0 atom stereocenters. The van der Waals surface area contributed by atoms with Crippen molar-refractivity contribution in [3.05, 3.63) is 59.7 Å². The van der Waals surface area contributed by atoms with Crippen molar-refractivity contribution in [1.29, 1.82) is 0 Å². The number of ether oxygens (including phenoxy) is 1. The van der Waals surface area contributed by atoms with Crippen molar-refractivity contribution in [3.8, 4) is 17.1 Å². The van der Waals surface area contributed by atoms with Crippen LogP contribution in [-0.2, 0) is 13.1 Å². The number of hydrogen-bond acceptors (Lipinski definition) is 6. The molecular formula is C22H25N5O2. The molecule has 0 spiro atoms. The number of likely N-dealkylation sites (tertiary alicyclic amines) is 1. The Balaban J connectivity index is 1.38. The van der Waals surface area contributed by atoms with Crippen molar-refractivity contribution >= 4 is 5.78 Å². The van der Waals surface area contributed by atoms with Crippen molar-refractivity contribution in [2.24, 2.45) is 0 Å². The van der Waals surface area contributed by atoms with Crippen molar-refractivity contribution in [2.75, 3.05) is 20.2 Å². The van der Waals surface area contributed by atoms with Gasteiger partial charge in [-0.15, -0.1) is 10.2 Å². The molecule has 1 saturated heterocycles. The number of piperidine rings is 1. The SMILES string of the molecule is COc1ccc(C(=O)Cn2nnc(-c3ccc(CN4CCCCC4)cc3)n2)cc1. The Kier molecular flexibility index (Phi) is 5.95. The lowest BCUT2D eigenvalue weighted by molar-refractivity contribution is 0.0961. The maximum Gasteiger partial charge on any atom is 0.204 e. The zero-order valence-corrected chi connectivity index (χ0v) is 16.6. The molecule has 1 fully saturated rings. The standard InChI is InChI=1S/C22H25N5O2/c1-29-20-11-9-18(10-12-20)21(28)16-27-24-22(23-25-27)19-7-5-17(6-8-19)15-26-13-3-2-4-14-26/h5-12H,2-4,13-16H2,1H3. The Hall–Kier alpha value is -3.06. The van der Waals surface area contributed by atoms with Crippen molar-refractivity contribution in [2.45, 2.75) is 32.4 Å². The number of carbonyl (C=O) groups is 1. The van der Waals surface area contributed by atoms with E-state index in [1.165, 1.54) is 42.7 Å². The van der Waals surface area contributed by atoms with Gasteiger partial charge in [-0.1, -0.05) is 30.7 Å². The predicted molar refractivity (Wildman–Crippen MR) is 110 cm³/mol. The zero-order chi connectivity index (χ0) is 20.1. The number of tetrazole rings is 1. The van der Waals surface area contributed by atoms with Gasteiger partial charge in [0.1, 0.15) is 12.3 Å². The number of rotatable bonds is 7. The van der Waals surface area contributed by atoms with E-state index in [4.69, 9.17) is 4.74 Å². The van der Waals surface area contributed by atoms with E-state index in [1.807, 2.05) is 12.1 Å². The average Bonchev–Trinajstić information content (AvgIpc) is 3.23. The maximum absolute atomic E-state index is 12.4. The molecule has 0 amide bonds. The molecule has 2 heterocycles. The molecule has 0 saturated carbocycles. The minimum Gasteiger partial charge on any atom is -0.497 e. The van der Waals surface area contributed by atoms with Gasteiger partial charge in [0.05, 0.1) is 7.11 Å². The van der Waals surface area contributed by atoms with Gasteiger partial charge in [0.15, 0.2) is 5.78 Å². The smallest absolute Gasteiger partial charge is 0.204 e. The van der Waals surface area contributed by atoms with Crippen LogP contribution < -0.4 is 4.74 Å². The number of hydrogen-bond donors (Lipinski definition) is 0. The number of aromatic nitrogens is 4. The van der Waals surface area contributed by atoms with Gasteiger partial charge in [0.25, 0.3) is 0 Å². The summed E-state index contributed by atoms with van der Waals surface area (Å²) in [4.78, 5) is 16.3. The van der Waals surface area contributed by atoms with Gasteiger partial charge in [-0.2, -0.15) is 4.80 Å². The van der Waals surface area contributed by atoms with Crippen molar-refractivity contribution in [1.82, 2.24) is 25.1 Å². The highest BCUT2D eigenvalue weighted by molar-refractivity contribution is 5.95. The van der Waals surface area contributed by atoms with Crippen LogP contribution in [0.5, 0.6) is 5.75 Å². The van der Waals surface area contributed by atoms with E-state index in [0.29, 0.717) is 17.1 Å². The molecule has 1 aromatic heterocycles. The number of ketones is 1. The van der Waals surface area contributed by atoms with Crippen LogP contribution in [0.4, 0.5) is 0 Å². The molecule has 0 radical (unpaired) electrons. The molecule has 1 aliphatic rings. The normalized spacial score (nSPS) is 14.7. The van der Waals surface area contributed by atoms with Crippen LogP contribution >= 0.6 is 0 Å². The quantitative estimate of drug-likeness (QED) is 0.576. The third-order valence-electron chi connectivity index (χ3n) is 5.22. The first-order valence-electron chi connectivity index (χ1n) is 9.98. The molecule has 0 unspecified atom stereocenters. The Morgan fingerprint density at radius 3 is 2.41 bits per heavy atom. The summed E-state index contributed by atoms with van der Waals surface area (Å²) in [5.41, 5.74) is 2.78. The van der Waals surface area contributed by atoms with Crippen LogP contribution in [-0.4, -0.2) is 51.1 Å². The monoisotopic (exact) mass is 391 g/mol. The molecule has 2 aromatic carbocycles. The summed E-state index contributed by atoms with van der Waals surface area (Å²) in [5.74, 6) is 1.16. The molecule has 1 aliphatic heterocycles. The van der Waals surface area contributed by atoms with E-state index in [2.05, 4.69) is 32.4 Å². The summed E-state index contributed by atoms with van der Waals surface area (Å²) in [5, 5.41) is 12.5. The molecule has 7 nitrogen and oxygen atoms in total. The molecule has 7 heteroatoms. The van der Waals surface area contributed by atoms with Crippen molar-refractivity contribution < 1.29 is 9.53 Å². The van der Waals surface area contributed by atoms with E-state index in [0.717, 1.165) is 12.1 Å². The summed E-state index contributed by atoms with van der Waals surface area (Å²) in [7, 11) is 1.60. The third-order valence-corrected chi connectivity index (χ3v) is 5.22. The molecular weight excluding hydrogens is 366 g/mol. The first-order chi connectivity index (χ1) is 14.2. The highest BCUT2D eigenvalue weighted by atomic mass is 16.5. The first-order valence-corrected chi connectivity index (χ1v) is 9.98. The van der Waals surface area contributed by atoms with E-state index in [9.17, 15) is 4.79 Å². The van der Waals surface area contributed by atoms with Crippen LogP contribution in [0.3, 0.4) is 0 Å². The molecule has 4 rings (SSSR count). The number of carbonyl (C=O) groups excluding carboxylic acids is 1. The number of nitrogens with zero attached hydrogens (tertiary/aromatic N) is 5. The van der Waals surface area contributed by atoms with Crippen LogP contribution in [0.25, 0.3) is 11.4 Å². The lowest BCUT2D eigenvalue weighted by Crippen LogP contribution is -2.28. The van der Waals surface area contributed by atoms with Crippen LogP contribution in [0.15, 0.2) is 48.5 Å². The minimum absolute atomic E-state index is 0.0480. The molecule has 0 N–H and O–H groups in total. The lowest BCUT2D eigenvalue weighted by atomic mass is 10.1. The Labute approximate surface area is 170 Å². The van der Waals surface area contributed by atoms with E-state index in [-0.39, 0.29) is 12.3 Å². The summed E-state index contributed by atoms with van der Waals surface area (Å²) in [6.45, 7) is 3.39. The Morgan fingerprint density at radius 2 is 1.72 bits per heavy atom. The average molecular weight is 391 g/mol. The largest absolute Gasteiger partial charge is 0.497 e. The number of Topliss-reactive ketones (excluding diaryl/α,β-unsaturated/α-hetero) is 1. The highest BCUT2D eigenvalue weighted by Crippen LogP contribution is 2.18. The number of methoxy groups -OCH3 is 1. The highest BCUT2D eigenvalue weighted by Gasteiger charge is 2.13. The predicted octanol–water partition coefficient (Wildman–Crippen LogP) is 3.22.